The van der Waals surface area contributed by atoms with Gasteiger partial charge in [0.1, 0.15) is 0 Å². The van der Waals surface area contributed by atoms with Crippen LogP contribution in [-0.2, 0) is 0 Å². The third kappa shape index (κ3) is 4.18. The Balaban J connectivity index is 2.81. The predicted octanol–water partition coefficient (Wildman–Crippen LogP) is 3.32. The van der Waals surface area contributed by atoms with E-state index in [1.165, 1.54) is 0 Å². The molecule has 0 saturated carbocycles. The minimum Gasteiger partial charge on any atom is -0.366 e. The summed E-state index contributed by atoms with van der Waals surface area (Å²) in [6, 6.07) is 7.42. The fourth-order valence-corrected chi connectivity index (χ4v) is 3.10. The lowest BCUT2D eigenvalue weighted by atomic mass is 10.2. The van der Waals surface area contributed by atoms with E-state index in [0.717, 1.165) is 4.90 Å². The van der Waals surface area contributed by atoms with Crippen LogP contribution < -0.4 is 5.73 Å². The molecule has 0 atom stereocenters. The van der Waals surface area contributed by atoms with E-state index < -0.39 is 0 Å². The molecule has 1 rings (SSSR count). The third-order valence-electron chi connectivity index (χ3n) is 1.53. The molecular weight excluding hydrogens is 226 g/mol. The van der Waals surface area contributed by atoms with Crippen molar-refractivity contribution in [1.29, 1.82) is 0 Å². The number of rotatable bonds is 3. The Labute approximate surface area is 98.4 Å². The zero-order valence-electron chi connectivity index (χ0n) is 9.11. The molecule has 4 heteroatoms. The van der Waals surface area contributed by atoms with Gasteiger partial charge in [-0.15, -0.1) is 0 Å². The molecule has 82 valence electrons. The van der Waals surface area contributed by atoms with Crippen molar-refractivity contribution in [2.45, 2.75) is 30.4 Å². The van der Waals surface area contributed by atoms with Crippen LogP contribution in [0, 0.1) is 0 Å². The standard InChI is InChI=1S/C11H15NOS2/c1-11(2,3)15-14-9-7-5-4-6-8(9)10(12)13/h4-7H,1-3H3,(H2,12,13). The summed E-state index contributed by atoms with van der Waals surface area (Å²) in [6.45, 7) is 6.41. The largest absolute Gasteiger partial charge is 0.366 e. The van der Waals surface area contributed by atoms with Gasteiger partial charge >= 0.3 is 0 Å². The van der Waals surface area contributed by atoms with E-state index in [-0.39, 0.29) is 10.7 Å². The first-order valence-electron chi connectivity index (χ1n) is 4.65. The van der Waals surface area contributed by atoms with E-state index in [2.05, 4.69) is 20.8 Å². The van der Waals surface area contributed by atoms with E-state index >= 15 is 0 Å². The molecule has 0 unspecified atom stereocenters. The summed E-state index contributed by atoms with van der Waals surface area (Å²) >= 11 is 0. The second-order valence-electron chi connectivity index (χ2n) is 4.14. The third-order valence-corrected chi connectivity index (χ3v) is 4.94. The van der Waals surface area contributed by atoms with Gasteiger partial charge in [-0.1, -0.05) is 54.5 Å². The highest BCUT2D eigenvalue weighted by Crippen LogP contribution is 2.41. The molecule has 0 aliphatic rings. The quantitative estimate of drug-likeness (QED) is 0.825. The summed E-state index contributed by atoms with van der Waals surface area (Å²) in [5.74, 6) is -0.368. The van der Waals surface area contributed by atoms with Crippen molar-refractivity contribution >= 4 is 27.5 Å². The predicted molar refractivity (Wildman–Crippen MR) is 68.2 cm³/mol. The molecular formula is C11H15NOS2. The Morgan fingerprint density at radius 3 is 2.40 bits per heavy atom. The van der Waals surface area contributed by atoms with Crippen LogP contribution in [0.15, 0.2) is 29.2 Å². The maximum Gasteiger partial charge on any atom is 0.249 e. The molecule has 0 radical (unpaired) electrons. The van der Waals surface area contributed by atoms with Gasteiger partial charge in [-0.05, 0) is 12.1 Å². The summed E-state index contributed by atoms with van der Waals surface area (Å²) in [4.78, 5) is 12.1. The maximum atomic E-state index is 11.1. The number of primary amides is 1. The summed E-state index contributed by atoms with van der Waals surface area (Å²) < 4.78 is 0.162. The lowest BCUT2D eigenvalue weighted by molar-refractivity contribution is 0.0997. The van der Waals surface area contributed by atoms with E-state index in [4.69, 9.17) is 5.73 Å². The topological polar surface area (TPSA) is 43.1 Å². The molecule has 2 nitrogen and oxygen atoms in total. The zero-order valence-corrected chi connectivity index (χ0v) is 10.7. The Bertz CT molecular complexity index is 358. The number of benzene rings is 1. The van der Waals surface area contributed by atoms with Crippen molar-refractivity contribution in [3.8, 4) is 0 Å². The van der Waals surface area contributed by atoms with Crippen LogP contribution in [0.25, 0.3) is 0 Å². The summed E-state index contributed by atoms with van der Waals surface area (Å²) in [5.41, 5.74) is 5.89. The number of carbonyl (C=O) groups excluding carboxylic acids is 1. The molecule has 1 aromatic carbocycles. The van der Waals surface area contributed by atoms with Gasteiger partial charge in [-0.2, -0.15) is 0 Å². The zero-order chi connectivity index (χ0) is 11.5. The Kier molecular flexibility index (Phi) is 4.11. The minimum atomic E-state index is -0.368. The van der Waals surface area contributed by atoms with Gasteiger partial charge < -0.3 is 5.73 Å². The van der Waals surface area contributed by atoms with Gasteiger partial charge in [0.15, 0.2) is 0 Å². The number of carbonyl (C=O) groups is 1. The average Bonchev–Trinajstić information content (AvgIpc) is 2.14. The van der Waals surface area contributed by atoms with Gasteiger partial charge in [-0.25, -0.2) is 0 Å². The van der Waals surface area contributed by atoms with Crippen LogP contribution >= 0.6 is 21.6 Å². The molecule has 0 aromatic heterocycles. The van der Waals surface area contributed by atoms with Crippen molar-refractivity contribution in [2.24, 2.45) is 5.73 Å². The molecule has 0 heterocycles. The Hall–Kier alpha value is -0.610. The van der Waals surface area contributed by atoms with Gasteiger partial charge in [-0.3, -0.25) is 4.79 Å². The molecule has 0 fully saturated rings. The van der Waals surface area contributed by atoms with E-state index in [1.54, 1.807) is 27.7 Å². The number of hydrogen-bond acceptors (Lipinski definition) is 3. The normalized spacial score (nSPS) is 11.4. The number of amides is 1. The summed E-state index contributed by atoms with van der Waals surface area (Å²) in [7, 11) is 3.33. The molecule has 0 aliphatic carbocycles. The van der Waals surface area contributed by atoms with Crippen LogP contribution in [0.4, 0.5) is 0 Å². The second kappa shape index (κ2) is 4.94. The Morgan fingerprint density at radius 1 is 1.27 bits per heavy atom. The molecule has 1 aromatic rings. The number of nitrogens with two attached hydrogens (primary N) is 1. The van der Waals surface area contributed by atoms with Crippen molar-refractivity contribution in [2.75, 3.05) is 0 Å². The van der Waals surface area contributed by atoms with Gasteiger partial charge in [0, 0.05) is 9.64 Å². The number of hydrogen-bond donors (Lipinski definition) is 1. The first kappa shape index (κ1) is 12.5. The molecule has 0 bridgehead atoms. The molecule has 0 aliphatic heterocycles. The van der Waals surface area contributed by atoms with Crippen LogP contribution in [-0.4, -0.2) is 10.7 Å². The Morgan fingerprint density at radius 2 is 1.87 bits per heavy atom. The summed E-state index contributed by atoms with van der Waals surface area (Å²) in [5, 5.41) is 0. The smallest absolute Gasteiger partial charge is 0.249 e. The average molecular weight is 241 g/mol. The fourth-order valence-electron chi connectivity index (χ4n) is 0.913. The van der Waals surface area contributed by atoms with Gasteiger partial charge in [0.05, 0.1) is 5.56 Å². The maximum absolute atomic E-state index is 11.1. The molecule has 2 N–H and O–H groups in total. The second-order valence-corrected chi connectivity index (χ2v) is 7.14. The van der Waals surface area contributed by atoms with E-state index in [0.29, 0.717) is 5.56 Å². The fraction of sp³-hybridized carbons (Fsp3) is 0.364. The van der Waals surface area contributed by atoms with Crippen LogP contribution in [0.1, 0.15) is 31.1 Å². The van der Waals surface area contributed by atoms with Crippen LogP contribution in [0.3, 0.4) is 0 Å². The van der Waals surface area contributed by atoms with E-state index in [9.17, 15) is 4.79 Å². The highest BCUT2D eigenvalue weighted by Gasteiger charge is 2.14. The highest BCUT2D eigenvalue weighted by molar-refractivity contribution is 8.77. The van der Waals surface area contributed by atoms with Crippen molar-refractivity contribution in [3.05, 3.63) is 29.8 Å². The monoisotopic (exact) mass is 241 g/mol. The first-order chi connectivity index (χ1) is 6.90. The molecule has 0 saturated heterocycles. The minimum absolute atomic E-state index is 0.162. The van der Waals surface area contributed by atoms with Crippen molar-refractivity contribution in [1.82, 2.24) is 0 Å². The van der Waals surface area contributed by atoms with Crippen LogP contribution in [0.5, 0.6) is 0 Å². The van der Waals surface area contributed by atoms with E-state index in [1.807, 2.05) is 18.2 Å². The lowest BCUT2D eigenvalue weighted by Gasteiger charge is -2.16. The lowest BCUT2D eigenvalue weighted by Crippen LogP contribution is -2.12. The SMILES string of the molecule is CC(C)(C)SSc1ccccc1C(N)=O. The molecule has 0 spiro atoms. The van der Waals surface area contributed by atoms with Crippen molar-refractivity contribution in [3.63, 3.8) is 0 Å². The van der Waals surface area contributed by atoms with Gasteiger partial charge in [0.25, 0.3) is 0 Å². The highest BCUT2D eigenvalue weighted by atomic mass is 33.1. The summed E-state index contributed by atoms with van der Waals surface area (Å²) in [6.07, 6.45) is 0. The molecule has 15 heavy (non-hydrogen) atoms. The van der Waals surface area contributed by atoms with Crippen LogP contribution in [0.2, 0.25) is 0 Å². The first-order valence-corrected chi connectivity index (χ1v) is 6.79. The molecule has 1 amide bonds. The van der Waals surface area contributed by atoms with Crippen molar-refractivity contribution < 1.29 is 4.79 Å². The van der Waals surface area contributed by atoms with Gasteiger partial charge in [0.2, 0.25) is 5.91 Å².